The van der Waals surface area contributed by atoms with Crippen molar-refractivity contribution >= 4 is 36.3 Å². The third kappa shape index (κ3) is 8.11. The van der Waals surface area contributed by atoms with Crippen LogP contribution in [0.25, 0.3) is 0 Å². The van der Waals surface area contributed by atoms with E-state index in [1.165, 1.54) is 12.5 Å². The molecule has 1 aromatic heterocycles. The van der Waals surface area contributed by atoms with Gasteiger partial charge < -0.3 is 31.8 Å². The fourth-order valence-corrected chi connectivity index (χ4v) is 2.58. The number of nitrogens with zero attached hydrogens (tertiary/aromatic N) is 1. The highest BCUT2D eigenvalue weighted by Gasteiger charge is 2.27. The number of nitrogens with one attached hydrogen (secondary N) is 4. The van der Waals surface area contributed by atoms with Crippen molar-refractivity contribution in [1.82, 2.24) is 25.9 Å². The van der Waals surface area contributed by atoms with Gasteiger partial charge in [-0.2, -0.15) is 12.6 Å². The first-order valence-electron chi connectivity index (χ1n) is 9.13. The lowest BCUT2D eigenvalue weighted by molar-refractivity contribution is -0.142. The van der Waals surface area contributed by atoms with Crippen molar-refractivity contribution in [2.75, 3.05) is 12.3 Å². The maximum atomic E-state index is 12.4. The number of H-pyrrole nitrogens is 1. The van der Waals surface area contributed by atoms with Crippen LogP contribution < -0.4 is 21.7 Å². The summed E-state index contributed by atoms with van der Waals surface area (Å²) >= 11 is 4.03. The predicted octanol–water partition coefficient (Wildman–Crippen LogP) is -1.57. The SMILES string of the molecule is CCC(C)C(N)C(=O)NCC(=O)NC(CS)C(=O)NC(Cc1cnc[nH]1)C(=O)O. The molecular weight excluding hydrogens is 400 g/mol. The van der Waals surface area contributed by atoms with Gasteiger partial charge in [-0.25, -0.2) is 9.78 Å². The molecule has 0 saturated carbocycles. The average molecular weight is 429 g/mol. The standard InChI is InChI=1S/C17H28N6O5S/c1-3-9(2)14(18)16(26)20-6-13(24)22-12(7-29)15(25)23-11(17(27)28)4-10-5-19-8-21-10/h5,8-9,11-12,14,29H,3-4,6-7,18H2,1-2H3,(H,19,21)(H,20,26)(H,22,24)(H,23,25)(H,27,28). The molecule has 0 aromatic carbocycles. The molecule has 0 aliphatic carbocycles. The van der Waals surface area contributed by atoms with Crippen molar-refractivity contribution in [3.63, 3.8) is 0 Å². The molecule has 0 spiro atoms. The Balaban J connectivity index is 2.57. The summed E-state index contributed by atoms with van der Waals surface area (Å²) in [7, 11) is 0. The van der Waals surface area contributed by atoms with Crippen LogP contribution in [-0.4, -0.2) is 69.2 Å². The first-order valence-corrected chi connectivity index (χ1v) is 9.76. The second-order valence-corrected chi connectivity index (χ2v) is 6.98. The molecule has 0 aliphatic heterocycles. The van der Waals surface area contributed by atoms with Gasteiger partial charge in [-0.3, -0.25) is 14.4 Å². The summed E-state index contributed by atoms with van der Waals surface area (Å²) < 4.78 is 0. The predicted molar refractivity (Wildman–Crippen MR) is 108 cm³/mol. The van der Waals surface area contributed by atoms with E-state index >= 15 is 0 Å². The Bertz CT molecular complexity index is 698. The first-order chi connectivity index (χ1) is 13.7. The molecule has 11 nitrogen and oxygen atoms in total. The molecule has 1 rings (SSSR count). The Kier molecular flexibility index (Phi) is 10.2. The van der Waals surface area contributed by atoms with Gasteiger partial charge in [0, 0.05) is 24.1 Å². The minimum absolute atomic E-state index is 0.00211. The van der Waals surface area contributed by atoms with Crippen molar-refractivity contribution in [3.8, 4) is 0 Å². The summed E-state index contributed by atoms with van der Waals surface area (Å²) in [6.07, 6.45) is 3.56. The van der Waals surface area contributed by atoms with E-state index in [-0.39, 0.29) is 24.6 Å². The van der Waals surface area contributed by atoms with Crippen LogP contribution >= 0.6 is 12.6 Å². The van der Waals surface area contributed by atoms with Crippen LogP contribution in [0.1, 0.15) is 26.0 Å². The number of aromatic nitrogens is 2. The topological polar surface area (TPSA) is 179 Å². The number of thiol groups is 1. The van der Waals surface area contributed by atoms with E-state index in [0.29, 0.717) is 12.1 Å². The van der Waals surface area contributed by atoms with Gasteiger partial charge in [0.1, 0.15) is 12.1 Å². The number of nitrogens with two attached hydrogens (primary N) is 1. The maximum Gasteiger partial charge on any atom is 0.326 e. The van der Waals surface area contributed by atoms with E-state index in [2.05, 4.69) is 38.5 Å². The van der Waals surface area contributed by atoms with Gasteiger partial charge >= 0.3 is 5.97 Å². The number of carboxylic acid groups (broad SMARTS) is 1. The number of imidazole rings is 1. The highest BCUT2D eigenvalue weighted by molar-refractivity contribution is 7.80. The van der Waals surface area contributed by atoms with Crippen molar-refractivity contribution < 1.29 is 24.3 Å². The lowest BCUT2D eigenvalue weighted by Crippen LogP contribution is -2.55. The summed E-state index contributed by atoms with van der Waals surface area (Å²) in [6, 6.07) is -3.03. The molecule has 0 aliphatic rings. The number of aliphatic carboxylic acids is 1. The normalized spacial score (nSPS) is 14.9. The zero-order chi connectivity index (χ0) is 22.0. The first kappa shape index (κ1) is 24.4. The van der Waals surface area contributed by atoms with Crippen LogP contribution in [0.3, 0.4) is 0 Å². The molecule has 0 saturated heterocycles. The largest absolute Gasteiger partial charge is 0.480 e. The molecule has 0 bridgehead atoms. The molecule has 7 N–H and O–H groups in total. The molecule has 29 heavy (non-hydrogen) atoms. The number of carbonyl (C=O) groups excluding carboxylic acids is 3. The quantitative estimate of drug-likeness (QED) is 0.196. The number of carboxylic acids is 1. The van der Waals surface area contributed by atoms with Crippen molar-refractivity contribution in [1.29, 1.82) is 0 Å². The van der Waals surface area contributed by atoms with E-state index < -0.39 is 41.8 Å². The fourth-order valence-electron chi connectivity index (χ4n) is 2.33. The highest BCUT2D eigenvalue weighted by Crippen LogP contribution is 2.05. The van der Waals surface area contributed by atoms with Crippen LogP contribution in [-0.2, 0) is 25.6 Å². The molecule has 4 unspecified atom stereocenters. The van der Waals surface area contributed by atoms with E-state index in [9.17, 15) is 24.3 Å². The second kappa shape index (κ2) is 12.1. The minimum Gasteiger partial charge on any atom is -0.480 e. The Labute approximate surface area is 174 Å². The number of aromatic amines is 1. The second-order valence-electron chi connectivity index (χ2n) is 6.61. The van der Waals surface area contributed by atoms with Gasteiger partial charge in [-0.15, -0.1) is 0 Å². The summed E-state index contributed by atoms with van der Waals surface area (Å²) in [5.41, 5.74) is 6.32. The third-order valence-electron chi connectivity index (χ3n) is 4.41. The monoisotopic (exact) mass is 428 g/mol. The Morgan fingerprint density at radius 1 is 1.24 bits per heavy atom. The highest BCUT2D eigenvalue weighted by atomic mass is 32.1. The Hall–Kier alpha value is -2.60. The number of hydrogen-bond acceptors (Lipinski definition) is 7. The Morgan fingerprint density at radius 3 is 2.45 bits per heavy atom. The van der Waals surface area contributed by atoms with Crippen LogP contribution in [0.15, 0.2) is 12.5 Å². The van der Waals surface area contributed by atoms with Crippen LogP contribution in [0, 0.1) is 5.92 Å². The lowest BCUT2D eigenvalue weighted by Gasteiger charge is -2.21. The van der Waals surface area contributed by atoms with Gasteiger partial charge in [-0.05, 0) is 5.92 Å². The van der Waals surface area contributed by atoms with Gasteiger partial charge in [0.2, 0.25) is 17.7 Å². The molecule has 162 valence electrons. The molecule has 12 heteroatoms. The lowest BCUT2D eigenvalue weighted by atomic mass is 9.99. The summed E-state index contributed by atoms with van der Waals surface area (Å²) in [4.78, 5) is 54.3. The number of hydrogen-bond donors (Lipinski definition) is 7. The average Bonchev–Trinajstić information content (AvgIpc) is 3.21. The van der Waals surface area contributed by atoms with Crippen LogP contribution in [0.5, 0.6) is 0 Å². The minimum atomic E-state index is -1.23. The van der Waals surface area contributed by atoms with Gasteiger partial charge in [0.25, 0.3) is 0 Å². The van der Waals surface area contributed by atoms with Crippen LogP contribution in [0.4, 0.5) is 0 Å². The van der Waals surface area contributed by atoms with E-state index in [1.54, 1.807) is 0 Å². The van der Waals surface area contributed by atoms with E-state index in [0.717, 1.165) is 0 Å². The van der Waals surface area contributed by atoms with Crippen LogP contribution in [0.2, 0.25) is 0 Å². The van der Waals surface area contributed by atoms with E-state index in [1.807, 2.05) is 13.8 Å². The summed E-state index contributed by atoms with van der Waals surface area (Å²) in [5.74, 6) is -3.13. The molecule has 1 heterocycles. The third-order valence-corrected chi connectivity index (χ3v) is 4.78. The zero-order valence-corrected chi connectivity index (χ0v) is 17.2. The molecule has 3 amide bonds. The molecule has 0 radical (unpaired) electrons. The molecule has 0 fully saturated rings. The van der Waals surface area contributed by atoms with Gasteiger partial charge in [0.15, 0.2) is 0 Å². The Morgan fingerprint density at radius 2 is 1.93 bits per heavy atom. The summed E-state index contributed by atoms with van der Waals surface area (Å²) in [6.45, 7) is 3.36. The number of carbonyl (C=O) groups is 4. The van der Waals surface area contributed by atoms with Crippen molar-refractivity contribution in [2.24, 2.45) is 11.7 Å². The molecule has 4 atom stereocenters. The molecular formula is C17H28N6O5S. The van der Waals surface area contributed by atoms with Crippen molar-refractivity contribution in [2.45, 2.75) is 44.8 Å². The molecule has 1 aromatic rings. The smallest absolute Gasteiger partial charge is 0.326 e. The van der Waals surface area contributed by atoms with E-state index in [4.69, 9.17) is 5.73 Å². The van der Waals surface area contributed by atoms with Gasteiger partial charge in [0.05, 0.1) is 18.9 Å². The van der Waals surface area contributed by atoms with Gasteiger partial charge in [-0.1, -0.05) is 20.3 Å². The maximum absolute atomic E-state index is 12.4. The summed E-state index contributed by atoms with van der Waals surface area (Å²) in [5, 5.41) is 16.5. The number of rotatable bonds is 12. The fraction of sp³-hybridized carbons (Fsp3) is 0.588. The van der Waals surface area contributed by atoms with Crippen molar-refractivity contribution in [3.05, 3.63) is 18.2 Å². The zero-order valence-electron chi connectivity index (χ0n) is 16.3. The number of amides is 3.